The van der Waals surface area contributed by atoms with Crippen molar-refractivity contribution in [3.05, 3.63) is 0 Å². The van der Waals surface area contributed by atoms with Gasteiger partial charge in [-0.15, -0.1) is 0 Å². The number of nitrogens with one attached hydrogen (secondary N) is 1. The van der Waals surface area contributed by atoms with Crippen LogP contribution in [0.25, 0.3) is 0 Å². The lowest BCUT2D eigenvalue weighted by molar-refractivity contribution is 0.413. The molecule has 0 aliphatic carbocycles. The van der Waals surface area contributed by atoms with E-state index in [0.29, 0.717) is 12.0 Å². The van der Waals surface area contributed by atoms with E-state index < -0.39 is 9.84 Å². The Bertz CT molecular complexity index is 260. The van der Waals surface area contributed by atoms with Crippen LogP contribution in [0.1, 0.15) is 41.0 Å². The third-order valence-electron chi connectivity index (χ3n) is 2.34. The van der Waals surface area contributed by atoms with E-state index in [-0.39, 0.29) is 17.5 Å². The summed E-state index contributed by atoms with van der Waals surface area (Å²) >= 11 is 0. The van der Waals surface area contributed by atoms with E-state index in [1.165, 1.54) is 0 Å². The Morgan fingerprint density at radius 2 is 1.60 bits per heavy atom. The molecule has 1 N–H and O–H groups in total. The Kier molecular flexibility index (Phi) is 6.44. The molecule has 0 aromatic carbocycles. The average molecular weight is 235 g/mol. The molecule has 0 heterocycles. The van der Waals surface area contributed by atoms with Gasteiger partial charge in [0, 0.05) is 17.8 Å². The Morgan fingerprint density at radius 3 is 2.00 bits per heavy atom. The van der Waals surface area contributed by atoms with E-state index in [9.17, 15) is 8.42 Å². The zero-order chi connectivity index (χ0) is 12.1. The third-order valence-corrected chi connectivity index (χ3v) is 4.23. The van der Waals surface area contributed by atoms with Gasteiger partial charge in [-0.3, -0.25) is 0 Å². The molecule has 3 nitrogen and oxygen atoms in total. The highest BCUT2D eigenvalue weighted by atomic mass is 32.2. The standard InChI is InChI=1S/C11H25NO2S/c1-6-15(13,14)8-11(5)12-10(4)7-9(2)3/h9-12H,6-8H2,1-5H3. The van der Waals surface area contributed by atoms with Gasteiger partial charge in [-0.25, -0.2) is 8.42 Å². The van der Waals surface area contributed by atoms with Gasteiger partial charge in [0.05, 0.1) is 5.75 Å². The van der Waals surface area contributed by atoms with Gasteiger partial charge in [-0.2, -0.15) is 0 Å². The monoisotopic (exact) mass is 235 g/mol. The normalized spacial score (nSPS) is 16.7. The summed E-state index contributed by atoms with van der Waals surface area (Å²) in [5.41, 5.74) is 0. The highest BCUT2D eigenvalue weighted by Gasteiger charge is 2.15. The van der Waals surface area contributed by atoms with E-state index in [1.54, 1.807) is 6.92 Å². The van der Waals surface area contributed by atoms with Crippen LogP contribution in [-0.2, 0) is 9.84 Å². The van der Waals surface area contributed by atoms with Crippen LogP contribution < -0.4 is 5.32 Å². The van der Waals surface area contributed by atoms with Crippen molar-refractivity contribution in [2.24, 2.45) is 5.92 Å². The van der Waals surface area contributed by atoms with Gasteiger partial charge in [0.2, 0.25) is 0 Å². The molecule has 0 rings (SSSR count). The lowest BCUT2D eigenvalue weighted by Gasteiger charge is -2.21. The van der Waals surface area contributed by atoms with Crippen molar-refractivity contribution in [2.75, 3.05) is 11.5 Å². The summed E-state index contributed by atoms with van der Waals surface area (Å²) in [5, 5.41) is 3.32. The van der Waals surface area contributed by atoms with Gasteiger partial charge >= 0.3 is 0 Å². The molecule has 0 bridgehead atoms. The summed E-state index contributed by atoms with van der Waals surface area (Å²) in [5.74, 6) is 1.12. The molecule has 0 amide bonds. The first-order valence-electron chi connectivity index (χ1n) is 5.73. The molecule has 2 unspecified atom stereocenters. The van der Waals surface area contributed by atoms with Crippen LogP contribution in [0.4, 0.5) is 0 Å². The maximum Gasteiger partial charge on any atom is 0.151 e. The fraction of sp³-hybridized carbons (Fsp3) is 1.00. The van der Waals surface area contributed by atoms with E-state index in [4.69, 9.17) is 0 Å². The van der Waals surface area contributed by atoms with E-state index in [2.05, 4.69) is 26.1 Å². The lowest BCUT2D eigenvalue weighted by atomic mass is 10.0. The number of sulfone groups is 1. The summed E-state index contributed by atoms with van der Waals surface area (Å²) in [7, 11) is -2.86. The number of hydrogen-bond acceptors (Lipinski definition) is 3. The van der Waals surface area contributed by atoms with Crippen LogP contribution in [-0.4, -0.2) is 32.0 Å². The van der Waals surface area contributed by atoms with Crippen molar-refractivity contribution >= 4 is 9.84 Å². The van der Waals surface area contributed by atoms with Crippen LogP contribution in [0, 0.1) is 5.92 Å². The Hall–Kier alpha value is -0.0900. The zero-order valence-corrected chi connectivity index (χ0v) is 11.4. The first-order chi connectivity index (χ1) is 6.76. The predicted molar refractivity (Wildman–Crippen MR) is 65.8 cm³/mol. The van der Waals surface area contributed by atoms with Gasteiger partial charge < -0.3 is 5.32 Å². The summed E-state index contributed by atoms with van der Waals surface area (Å²) in [6.07, 6.45) is 1.08. The molecule has 15 heavy (non-hydrogen) atoms. The second kappa shape index (κ2) is 6.48. The topological polar surface area (TPSA) is 46.2 Å². The van der Waals surface area contributed by atoms with E-state index in [1.807, 2.05) is 6.92 Å². The Labute approximate surface area is 94.6 Å². The highest BCUT2D eigenvalue weighted by Crippen LogP contribution is 2.05. The van der Waals surface area contributed by atoms with Crippen LogP contribution >= 0.6 is 0 Å². The van der Waals surface area contributed by atoms with Crippen LogP contribution in [0.5, 0.6) is 0 Å². The van der Waals surface area contributed by atoms with E-state index >= 15 is 0 Å². The average Bonchev–Trinajstić information content (AvgIpc) is 2.00. The molecule has 0 aliphatic rings. The van der Waals surface area contributed by atoms with E-state index in [0.717, 1.165) is 6.42 Å². The maximum atomic E-state index is 11.4. The molecule has 0 aliphatic heterocycles. The molecular weight excluding hydrogens is 210 g/mol. The smallest absolute Gasteiger partial charge is 0.151 e. The van der Waals surface area contributed by atoms with Crippen LogP contribution in [0.3, 0.4) is 0 Å². The molecule has 0 saturated heterocycles. The summed E-state index contributed by atoms with van der Waals surface area (Å²) < 4.78 is 22.7. The molecule has 0 aromatic heterocycles. The van der Waals surface area contributed by atoms with Crippen molar-refractivity contribution < 1.29 is 8.42 Å². The minimum atomic E-state index is -2.86. The molecule has 4 heteroatoms. The second-order valence-electron chi connectivity index (χ2n) is 4.80. The minimum Gasteiger partial charge on any atom is -0.311 e. The molecule has 0 aromatic rings. The second-order valence-corrected chi connectivity index (χ2v) is 7.20. The quantitative estimate of drug-likeness (QED) is 0.732. The Morgan fingerprint density at radius 1 is 1.07 bits per heavy atom. The van der Waals surface area contributed by atoms with Gasteiger partial charge in [0.25, 0.3) is 0 Å². The van der Waals surface area contributed by atoms with Gasteiger partial charge in [0.1, 0.15) is 0 Å². The molecule has 0 radical (unpaired) electrons. The van der Waals surface area contributed by atoms with Crippen LogP contribution in [0.2, 0.25) is 0 Å². The maximum absolute atomic E-state index is 11.4. The number of hydrogen-bond donors (Lipinski definition) is 1. The molecular formula is C11H25NO2S. The molecule has 2 atom stereocenters. The lowest BCUT2D eigenvalue weighted by Crippen LogP contribution is -2.39. The first-order valence-corrected chi connectivity index (χ1v) is 7.55. The SMILES string of the molecule is CCS(=O)(=O)CC(C)NC(C)CC(C)C. The molecule has 0 spiro atoms. The summed E-state index contributed by atoms with van der Waals surface area (Å²) in [6, 6.07) is 0.427. The molecule has 0 saturated carbocycles. The van der Waals surface area contributed by atoms with Crippen molar-refractivity contribution in [1.82, 2.24) is 5.32 Å². The molecule has 92 valence electrons. The van der Waals surface area contributed by atoms with Crippen LogP contribution in [0.15, 0.2) is 0 Å². The Balaban J connectivity index is 3.98. The fourth-order valence-corrected chi connectivity index (χ4v) is 2.90. The van der Waals surface area contributed by atoms with Gasteiger partial charge in [0.15, 0.2) is 9.84 Å². The van der Waals surface area contributed by atoms with Gasteiger partial charge in [-0.05, 0) is 26.2 Å². The first kappa shape index (κ1) is 14.9. The van der Waals surface area contributed by atoms with Crippen molar-refractivity contribution in [3.63, 3.8) is 0 Å². The predicted octanol–water partition coefficient (Wildman–Crippen LogP) is 1.83. The third kappa shape index (κ3) is 7.79. The van der Waals surface area contributed by atoms with Crippen molar-refractivity contribution in [3.8, 4) is 0 Å². The number of rotatable bonds is 7. The fourth-order valence-electron chi connectivity index (χ4n) is 1.81. The summed E-state index contributed by atoms with van der Waals surface area (Å²) in [4.78, 5) is 0. The highest BCUT2D eigenvalue weighted by molar-refractivity contribution is 7.91. The molecule has 0 fully saturated rings. The van der Waals surface area contributed by atoms with Crippen molar-refractivity contribution in [1.29, 1.82) is 0 Å². The largest absolute Gasteiger partial charge is 0.311 e. The van der Waals surface area contributed by atoms with Crippen molar-refractivity contribution in [2.45, 2.75) is 53.1 Å². The minimum absolute atomic E-state index is 0.0451. The van der Waals surface area contributed by atoms with Gasteiger partial charge in [-0.1, -0.05) is 20.8 Å². The zero-order valence-electron chi connectivity index (χ0n) is 10.6. The summed E-state index contributed by atoms with van der Waals surface area (Å²) in [6.45, 7) is 10.1.